The number of para-hydroxylation sites is 2. The Morgan fingerprint density at radius 1 is 0.667 bits per heavy atom. The molecule has 0 aliphatic heterocycles. The van der Waals surface area contributed by atoms with Gasteiger partial charge in [0.05, 0.1) is 22.4 Å². The number of anilines is 2. The average Bonchev–Trinajstić information content (AvgIpc) is 2.82. The molecule has 4 N–H and O–H groups in total. The molecule has 3 aromatic carbocycles. The number of hydrogen-bond donors (Lipinski definition) is 2. The van der Waals surface area contributed by atoms with E-state index in [1.807, 2.05) is 24.3 Å². The van der Waals surface area contributed by atoms with Crippen LogP contribution in [-0.2, 0) is 0 Å². The summed E-state index contributed by atoms with van der Waals surface area (Å²) >= 11 is 0. The maximum atomic E-state index is 6.19. The van der Waals surface area contributed by atoms with E-state index in [1.54, 1.807) is 6.07 Å². The molecule has 0 amide bonds. The van der Waals surface area contributed by atoms with Crippen molar-refractivity contribution in [2.75, 3.05) is 11.5 Å². The second kappa shape index (κ2) is 4.28. The van der Waals surface area contributed by atoms with Gasteiger partial charge in [-0.3, -0.25) is 0 Å². The molecule has 0 aliphatic carbocycles. The SMILES string of the molecule is Nc1ccc(-n2c3ccccc3c3ccccc32)c(N)c1. The number of nitrogens with two attached hydrogens (primary N) is 2. The summed E-state index contributed by atoms with van der Waals surface area (Å²) in [5.41, 5.74) is 16.6. The van der Waals surface area contributed by atoms with Crippen LogP contribution in [0.3, 0.4) is 0 Å². The van der Waals surface area contributed by atoms with Gasteiger partial charge in [0.2, 0.25) is 0 Å². The predicted octanol–water partition coefficient (Wildman–Crippen LogP) is 3.95. The third-order valence-corrected chi connectivity index (χ3v) is 3.87. The van der Waals surface area contributed by atoms with E-state index in [0.29, 0.717) is 11.4 Å². The van der Waals surface area contributed by atoms with Gasteiger partial charge >= 0.3 is 0 Å². The summed E-state index contributed by atoms with van der Waals surface area (Å²) in [6.07, 6.45) is 0. The summed E-state index contributed by atoms with van der Waals surface area (Å²) in [5.74, 6) is 0. The summed E-state index contributed by atoms with van der Waals surface area (Å²) < 4.78 is 2.19. The average molecular weight is 273 g/mol. The van der Waals surface area contributed by atoms with Gasteiger partial charge in [-0.05, 0) is 30.3 Å². The van der Waals surface area contributed by atoms with E-state index in [9.17, 15) is 0 Å². The fourth-order valence-corrected chi connectivity index (χ4v) is 2.96. The van der Waals surface area contributed by atoms with Crippen molar-refractivity contribution in [3.8, 4) is 5.69 Å². The third kappa shape index (κ3) is 1.68. The maximum absolute atomic E-state index is 6.19. The first-order valence-electron chi connectivity index (χ1n) is 6.89. The van der Waals surface area contributed by atoms with Gasteiger partial charge in [0.25, 0.3) is 0 Å². The smallest absolute Gasteiger partial charge is 0.0693 e. The number of hydrogen-bond acceptors (Lipinski definition) is 2. The molecule has 4 aromatic rings. The van der Waals surface area contributed by atoms with Gasteiger partial charge in [-0.2, -0.15) is 0 Å². The first-order valence-corrected chi connectivity index (χ1v) is 6.89. The lowest BCUT2D eigenvalue weighted by molar-refractivity contribution is 1.18. The van der Waals surface area contributed by atoms with Crippen LogP contribution in [-0.4, -0.2) is 4.57 Å². The van der Waals surface area contributed by atoms with Crippen molar-refractivity contribution in [1.82, 2.24) is 4.57 Å². The van der Waals surface area contributed by atoms with Gasteiger partial charge < -0.3 is 16.0 Å². The Labute approximate surface area is 122 Å². The summed E-state index contributed by atoms with van der Waals surface area (Å²) in [6.45, 7) is 0. The highest BCUT2D eigenvalue weighted by atomic mass is 15.0. The number of aromatic nitrogens is 1. The standard InChI is InChI=1S/C18H15N3/c19-12-9-10-18(15(20)11-12)21-16-7-3-1-5-13(16)14-6-2-4-8-17(14)21/h1-11H,19-20H2. The highest BCUT2D eigenvalue weighted by Gasteiger charge is 2.12. The molecule has 1 heterocycles. The summed E-state index contributed by atoms with van der Waals surface area (Å²) in [7, 11) is 0. The largest absolute Gasteiger partial charge is 0.399 e. The van der Waals surface area contributed by atoms with Crippen LogP contribution in [0.15, 0.2) is 66.7 Å². The van der Waals surface area contributed by atoms with Crippen LogP contribution < -0.4 is 11.5 Å². The Balaban J connectivity index is 2.20. The van der Waals surface area contributed by atoms with Crippen molar-refractivity contribution in [2.45, 2.75) is 0 Å². The molecule has 4 rings (SSSR count). The Morgan fingerprint density at radius 3 is 1.81 bits per heavy atom. The highest BCUT2D eigenvalue weighted by Crippen LogP contribution is 2.33. The van der Waals surface area contributed by atoms with E-state index in [2.05, 4.69) is 41.0 Å². The van der Waals surface area contributed by atoms with E-state index in [4.69, 9.17) is 11.5 Å². The molecule has 3 heteroatoms. The van der Waals surface area contributed by atoms with Crippen LogP contribution in [0.1, 0.15) is 0 Å². The maximum Gasteiger partial charge on any atom is 0.0693 e. The van der Waals surface area contributed by atoms with Crippen LogP contribution in [0.2, 0.25) is 0 Å². The second-order valence-electron chi connectivity index (χ2n) is 5.19. The molecule has 21 heavy (non-hydrogen) atoms. The van der Waals surface area contributed by atoms with Crippen molar-refractivity contribution in [3.63, 3.8) is 0 Å². The van der Waals surface area contributed by atoms with Gasteiger partial charge in [0.15, 0.2) is 0 Å². The molecular formula is C18H15N3. The van der Waals surface area contributed by atoms with Crippen LogP contribution in [0, 0.1) is 0 Å². The number of rotatable bonds is 1. The predicted molar refractivity (Wildman–Crippen MR) is 89.6 cm³/mol. The van der Waals surface area contributed by atoms with E-state index in [-0.39, 0.29) is 0 Å². The minimum Gasteiger partial charge on any atom is -0.399 e. The molecule has 0 fully saturated rings. The monoisotopic (exact) mass is 273 g/mol. The lowest BCUT2D eigenvalue weighted by Gasteiger charge is -2.11. The second-order valence-corrected chi connectivity index (χ2v) is 5.19. The fraction of sp³-hybridized carbons (Fsp3) is 0. The molecular weight excluding hydrogens is 258 g/mol. The summed E-state index contributed by atoms with van der Waals surface area (Å²) in [6, 6.07) is 22.4. The number of nitrogens with zero attached hydrogens (tertiary/aromatic N) is 1. The van der Waals surface area contributed by atoms with Gasteiger partial charge in [-0.25, -0.2) is 0 Å². The number of fused-ring (bicyclic) bond motifs is 3. The van der Waals surface area contributed by atoms with Crippen LogP contribution in [0.25, 0.3) is 27.5 Å². The molecule has 0 aliphatic rings. The Bertz CT molecular complexity index is 913. The molecule has 0 saturated carbocycles. The van der Waals surface area contributed by atoms with Crippen molar-refractivity contribution in [3.05, 3.63) is 66.7 Å². The van der Waals surface area contributed by atoms with Crippen molar-refractivity contribution >= 4 is 33.2 Å². The zero-order valence-corrected chi connectivity index (χ0v) is 11.5. The normalized spacial score (nSPS) is 11.2. The van der Waals surface area contributed by atoms with Crippen molar-refractivity contribution in [2.24, 2.45) is 0 Å². The zero-order chi connectivity index (χ0) is 14.4. The highest BCUT2D eigenvalue weighted by molar-refractivity contribution is 6.09. The fourth-order valence-electron chi connectivity index (χ4n) is 2.96. The lowest BCUT2D eigenvalue weighted by Crippen LogP contribution is -2.00. The molecule has 0 atom stereocenters. The first kappa shape index (κ1) is 11.9. The summed E-state index contributed by atoms with van der Waals surface area (Å²) in [4.78, 5) is 0. The molecule has 0 spiro atoms. The number of benzene rings is 3. The quantitative estimate of drug-likeness (QED) is 0.516. The molecule has 0 unspecified atom stereocenters. The van der Waals surface area contributed by atoms with Gasteiger partial charge in [-0.1, -0.05) is 36.4 Å². The van der Waals surface area contributed by atoms with Crippen LogP contribution in [0.4, 0.5) is 11.4 Å². The molecule has 0 radical (unpaired) electrons. The van der Waals surface area contributed by atoms with Gasteiger partial charge in [-0.15, -0.1) is 0 Å². The molecule has 0 saturated heterocycles. The molecule has 3 nitrogen and oxygen atoms in total. The van der Waals surface area contributed by atoms with Gasteiger partial charge in [0.1, 0.15) is 0 Å². The Kier molecular flexibility index (Phi) is 2.42. The molecule has 102 valence electrons. The Hall–Kier alpha value is -2.94. The topological polar surface area (TPSA) is 57.0 Å². The van der Waals surface area contributed by atoms with Crippen LogP contribution in [0.5, 0.6) is 0 Å². The summed E-state index contributed by atoms with van der Waals surface area (Å²) in [5, 5.41) is 2.45. The number of nitrogen functional groups attached to an aromatic ring is 2. The van der Waals surface area contributed by atoms with Gasteiger partial charge in [0, 0.05) is 16.5 Å². The lowest BCUT2D eigenvalue weighted by atomic mass is 10.2. The van der Waals surface area contributed by atoms with E-state index >= 15 is 0 Å². The minimum atomic E-state index is 0.678. The first-order chi connectivity index (χ1) is 10.3. The van der Waals surface area contributed by atoms with E-state index < -0.39 is 0 Å². The minimum absolute atomic E-state index is 0.678. The van der Waals surface area contributed by atoms with Crippen molar-refractivity contribution in [1.29, 1.82) is 0 Å². The van der Waals surface area contributed by atoms with Crippen LogP contribution >= 0.6 is 0 Å². The third-order valence-electron chi connectivity index (χ3n) is 3.87. The molecule has 1 aromatic heterocycles. The molecule has 0 bridgehead atoms. The van der Waals surface area contributed by atoms with Crippen molar-refractivity contribution < 1.29 is 0 Å². The van der Waals surface area contributed by atoms with E-state index in [0.717, 1.165) is 16.7 Å². The Morgan fingerprint density at radius 2 is 1.24 bits per heavy atom. The van der Waals surface area contributed by atoms with E-state index in [1.165, 1.54) is 10.8 Å². The zero-order valence-electron chi connectivity index (χ0n) is 11.5.